The third-order valence-electron chi connectivity index (χ3n) is 5.64. The van der Waals surface area contributed by atoms with Gasteiger partial charge in [-0.25, -0.2) is 27.5 Å². The molecule has 0 radical (unpaired) electrons. The average Bonchev–Trinajstić information content (AvgIpc) is 3.62. The third kappa shape index (κ3) is 3.77. The fourth-order valence-corrected chi connectivity index (χ4v) is 4.40. The van der Waals surface area contributed by atoms with E-state index >= 15 is 0 Å². The van der Waals surface area contributed by atoms with Gasteiger partial charge >= 0.3 is 0 Å². The van der Waals surface area contributed by atoms with Crippen LogP contribution in [0.4, 0.5) is 17.6 Å². The van der Waals surface area contributed by atoms with Gasteiger partial charge in [0.05, 0.1) is 32.8 Å². The van der Waals surface area contributed by atoms with Gasteiger partial charge in [0.2, 0.25) is 0 Å². The van der Waals surface area contributed by atoms with Crippen molar-refractivity contribution in [3.63, 3.8) is 0 Å². The van der Waals surface area contributed by atoms with Gasteiger partial charge in [0.1, 0.15) is 0 Å². The maximum atomic E-state index is 14.9. The maximum Gasteiger partial charge on any atom is 0.176 e. The van der Waals surface area contributed by atoms with E-state index in [-0.39, 0.29) is 11.3 Å². The monoisotopic (exact) mass is 536 g/mol. The average molecular weight is 537 g/mol. The smallest absolute Gasteiger partial charge is 0.176 e. The van der Waals surface area contributed by atoms with Gasteiger partial charge < -0.3 is 9.97 Å². The Bertz CT molecular complexity index is 1740. The molecule has 6 rings (SSSR count). The Morgan fingerprint density at radius 1 is 0.600 bits per heavy atom. The number of rotatable bonds is 1. The van der Waals surface area contributed by atoms with Crippen LogP contribution in [0.5, 0.6) is 0 Å². The minimum atomic E-state index is -1.52. The lowest BCUT2D eigenvalue weighted by Crippen LogP contribution is -2.04. The number of benzene rings is 1. The molecule has 5 heterocycles. The van der Waals surface area contributed by atoms with Crippen molar-refractivity contribution in [2.45, 2.75) is 0 Å². The SMILES string of the molecule is Fc1c(F)c(C2=Cc3cc4ccc(cc5nc(cc6ccc(cc2n3)[nH]6)C=C5)[nH]4)c(F)c(F)c1Br. The number of hydrogen-bond acceptors (Lipinski definition) is 2. The maximum absolute atomic E-state index is 14.9. The van der Waals surface area contributed by atoms with E-state index in [0.29, 0.717) is 16.7 Å². The van der Waals surface area contributed by atoms with Crippen LogP contribution in [0.3, 0.4) is 0 Å². The topological polar surface area (TPSA) is 57.4 Å². The van der Waals surface area contributed by atoms with E-state index < -0.39 is 33.3 Å². The molecule has 0 saturated carbocycles. The highest BCUT2D eigenvalue weighted by atomic mass is 79.9. The Hall–Kier alpha value is -3.98. The fraction of sp³-hybridized carbons (Fsp3) is 0. The van der Waals surface area contributed by atoms with Gasteiger partial charge in [0, 0.05) is 27.6 Å². The van der Waals surface area contributed by atoms with Crippen LogP contribution in [-0.2, 0) is 0 Å². The van der Waals surface area contributed by atoms with Crippen LogP contribution in [0.1, 0.15) is 28.3 Å². The molecule has 172 valence electrons. The first-order chi connectivity index (χ1) is 16.9. The summed E-state index contributed by atoms with van der Waals surface area (Å²) >= 11 is 2.56. The lowest BCUT2D eigenvalue weighted by atomic mass is 10.0. The van der Waals surface area contributed by atoms with Crippen molar-refractivity contribution in [1.82, 2.24) is 19.9 Å². The van der Waals surface area contributed by atoms with E-state index in [0.717, 1.165) is 22.4 Å². The van der Waals surface area contributed by atoms with Gasteiger partial charge in [-0.3, -0.25) is 0 Å². The van der Waals surface area contributed by atoms with Crippen molar-refractivity contribution in [2.24, 2.45) is 0 Å². The standard InChI is InChI=1S/C26H13BrF4N4/c27-22-25(30)23(28)21(24(29)26(22)31)19-10-18-9-16-4-3-14(33-16)7-12-1-2-13(32-12)8-15-5-6-17(34-15)11-20(19)35-18/h1-11,33-34H. The molecule has 0 amide bonds. The summed E-state index contributed by atoms with van der Waals surface area (Å²) in [6.07, 6.45) is 5.18. The highest BCUT2D eigenvalue weighted by molar-refractivity contribution is 9.10. The third-order valence-corrected chi connectivity index (χ3v) is 6.34. The van der Waals surface area contributed by atoms with Gasteiger partial charge in [-0.2, -0.15) is 0 Å². The second-order valence-electron chi connectivity index (χ2n) is 8.04. The predicted molar refractivity (Wildman–Crippen MR) is 131 cm³/mol. The second kappa shape index (κ2) is 8.06. The normalized spacial score (nSPS) is 12.8. The zero-order valence-electron chi connectivity index (χ0n) is 17.6. The zero-order valence-corrected chi connectivity index (χ0v) is 19.2. The van der Waals surface area contributed by atoms with E-state index in [9.17, 15) is 17.6 Å². The Labute approximate surface area is 203 Å². The van der Waals surface area contributed by atoms with E-state index in [1.807, 2.05) is 42.5 Å². The number of halogens is 5. The Kier molecular flexibility index (Phi) is 4.96. The minimum Gasteiger partial charge on any atom is -0.355 e. The van der Waals surface area contributed by atoms with E-state index in [1.54, 1.807) is 18.2 Å². The molecule has 35 heavy (non-hydrogen) atoms. The summed E-state index contributed by atoms with van der Waals surface area (Å²) < 4.78 is 57.5. The number of hydrogen-bond donors (Lipinski definition) is 2. The van der Waals surface area contributed by atoms with Crippen molar-refractivity contribution in [3.05, 3.63) is 105 Å². The largest absolute Gasteiger partial charge is 0.355 e. The summed E-state index contributed by atoms with van der Waals surface area (Å²) in [5.74, 6) is -6.05. The highest BCUT2D eigenvalue weighted by Crippen LogP contribution is 2.37. The molecule has 0 atom stereocenters. The number of nitrogens with zero attached hydrogens (tertiary/aromatic N) is 2. The molecule has 4 aromatic rings. The van der Waals surface area contributed by atoms with E-state index in [4.69, 9.17) is 0 Å². The Morgan fingerprint density at radius 3 is 1.63 bits per heavy atom. The molecule has 0 fully saturated rings. The minimum absolute atomic E-state index is 0.0822. The van der Waals surface area contributed by atoms with Crippen LogP contribution in [0, 0.1) is 23.3 Å². The predicted octanol–water partition coefficient (Wildman–Crippen LogP) is 7.39. The number of nitrogens with one attached hydrogen (secondary N) is 2. The summed E-state index contributed by atoms with van der Waals surface area (Å²) in [5.41, 5.74) is 3.89. The van der Waals surface area contributed by atoms with Crippen LogP contribution >= 0.6 is 15.9 Å². The lowest BCUT2D eigenvalue weighted by Gasteiger charge is -2.09. The lowest BCUT2D eigenvalue weighted by molar-refractivity contribution is 0.443. The zero-order chi connectivity index (χ0) is 24.3. The van der Waals surface area contributed by atoms with Crippen LogP contribution in [0.2, 0.25) is 0 Å². The molecule has 0 saturated heterocycles. The van der Waals surface area contributed by atoms with Crippen LogP contribution in [0.15, 0.2) is 53.0 Å². The molecule has 9 heteroatoms. The van der Waals surface area contributed by atoms with Gasteiger partial charge in [-0.15, -0.1) is 0 Å². The molecule has 0 unspecified atom stereocenters. The number of aromatic amines is 2. The van der Waals surface area contributed by atoms with Crippen LogP contribution < -0.4 is 0 Å². The second-order valence-corrected chi connectivity index (χ2v) is 8.83. The van der Waals surface area contributed by atoms with Crippen molar-refractivity contribution in [3.8, 4) is 0 Å². The quantitative estimate of drug-likeness (QED) is 0.131. The molecule has 3 aromatic heterocycles. The van der Waals surface area contributed by atoms with Crippen molar-refractivity contribution >= 4 is 61.8 Å². The molecule has 2 aliphatic rings. The van der Waals surface area contributed by atoms with E-state index in [2.05, 4.69) is 35.9 Å². The van der Waals surface area contributed by atoms with E-state index in [1.165, 1.54) is 6.08 Å². The molecule has 8 bridgehead atoms. The first-order valence-corrected chi connectivity index (χ1v) is 11.3. The molecule has 2 N–H and O–H groups in total. The fourth-order valence-electron chi connectivity index (χ4n) is 4.06. The van der Waals surface area contributed by atoms with Crippen LogP contribution in [-0.4, -0.2) is 19.9 Å². The first-order valence-electron chi connectivity index (χ1n) is 10.5. The molecule has 0 aliphatic carbocycles. The Morgan fingerprint density at radius 2 is 1.09 bits per heavy atom. The number of aromatic nitrogens is 4. The molecular weight excluding hydrogens is 524 g/mol. The van der Waals surface area contributed by atoms with Gasteiger partial charge in [0.25, 0.3) is 0 Å². The Balaban J connectivity index is 1.67. The van der Waals surface area contributed by atoms with Crippen molar-refractivity contribution in [2.75, 3.05) is 0 Å². The number of H-pyrrole nitrogens is 2. The molecule has 1 aromatic carbocycles. The van der Waals surface area contributed by atoms with Crippen molar-refractivity contribution < 1.29 is 17.6 Å². The molecular formula is C26H13BrF4N4. The van der Waals surface area contributed by atoms with Gasteiger partial charge in [0.15, 0.2) is 23.3 Å². The summed E-state index contributed by atoms with van der Waals surface area (Å²) in [7, 11) is 0. The summed E-state index contributed by atoms with van der Waals surface area (Å²) in [6.45, 7) is 0. The summed E-state index contributed by atoms with van der Waals surface area (Å²) in [4.78, 5) is 15.4. The van der Waals surface area contributed by atoms with Gasteiger partial charge in [-0.05, 0) is 82.7 Å². The highest BCUT2D eigenvalue weighted by Gasteiger charge is 2.28. The van der Waals surface area contributed by atoms with Crippen LogP contribution in [0.25, 0.3) is 45.9 Å². The van der Waals surface area contributed by atoms with Gasteiger partial charge in [-0.1, -0.05) is 0 Å². The number of fused-ring (bicyclic) bond motifs is 8. The molecule has 4 nitrogen and oxygen atoms in total. The summed E-state index contributed by atoms with van der Waals surface area (Å²) in [6, 6.07) is 14.2. The summed E-state index contributed by atoms with van der Waals surface area (Å²) in [5, 5.41) is 0. The molecule has 2 aliphatic heterocycles. The van der Waals surface area contributed by atoms with Crippen molar-refractivity contribution in [1.29, 1.82) is 0 Å². The molecule has 0 spiro atoms. The first kappa shape index (κ1) is 21.5.